The molecule has 0 spiro atoms. The third-order valence-corrected chi connectivity index (χ3v) is 4.21. The number of carbonyl (C=O) groups is 1. The van der Waals surface area contributed by atoms with E-state index in [1.165, 1.54) is 12.0 Å². The number of hydrogen-bond donors (Lipinski definition) is 1. The molecule has 4 heteroatoms. The van der Waals surface area contributed by atoms with Gasteiger partial charge in [0.05, 0.1) is 13.2 Å². The lowest BCUT2D eigenvalue weighted by Gasteiger charge is -2.35. The van der Waals surface area contributed by atoms with Gasteiger partial charge in [-0.25, -0.2) is 0 Å². The molecule has 2 rings (SSSR count). The van der Waals surface area contributed by atoms with Gasteiger partial charge in [-0.05, 0) is 50.3 Å². The van der Waals surface area contributed by atoms with Crippen LogP contribution in [0.1, 0.15) is 25.3 Å². The van der Waals surface area contributed by atoms with Crippen molar-refractivity contribution in [3.05, 3.63) is 29.8 Å². The SMILES string of the molecule is COc1ccccc1C[C@@H]1CCCN([C@@H](C)C(N)=O)C1. The Bertz CT molecular complexity index is 462. The Labute approximate surface area is 120 Å². The van der Waals surface area contributed by atoms with E-state index in [1.807, 2.05) is 25.1 Å². The summed E-state index contributed by atoms with van der Waals surface area (Å²) in [5.74, 6) is 1.28. The van der Waals surface area contributed by atoms with E-state index in [9.17, 15) is 4.79 Å². The highest BCUT2D eigenvalue weighted by Crippen LogP contribution is 2.26. The molecule has 110 valence electrons. The van der Waals surface area contributed by atoms with Gasteiger partial charge in [0.25, 0.3) is 0 Å². The summed E-state index contributed by atoms with van der Waals surface area (Å²) in [6.45, 7) is 3.79. The minimum Gasteiger partial charge on any atom is -0.496 e. The van der Waals surface area contributed by atoms with Crippen LogP contribution in [0.5, 0.6) is 5.75 Å². The standard InChI is InChI=1S/C16H24N2O2/c1-12(16(17)19)18-9-5-6-13(11-18)10-14-7-3-4-8-15(14)20-2/h3-4,7-8,12-13H,5-6,9-11H2,1-2H3,(H2,17,19)/t12-,13-/m0/s1. The minimum absolute atomic E-state index is 0.171. The number of para-hydroxylation sites is 1. The van der Waals surface area contributed by atoms with Crippen molar-refractivity contribution in [2.75, 3.05) is 20.2 Å². The number of carbonyl (C=O) groups excluding carboxylic acids is 1. The average Bonchev–Trinajstić information content (AvgIpc) is 2.47. The van der Waals surface area contributed by atoms with Crippen LogP contribution in [-0.2, 0) is 11.2 Å². The number of rotatable bonds is 5. The first-order valence-corrected chi connectivity index (χ1v) is 7.27. The number of nitrogens with two attached hydrogens (primary N) is 1. The smallest absolute Gasteiger partial charge is 0.234 e. The van der Waals surface area contributed by atoms with E-state index in [0.717, 1.165) is 31.7 Å². The highest BCUT2D eigenvalue weighted by Gasteiger charge is 2.26. The number of nitrogens with zero attached hydrogens (tertiary/aromatic N) is 1. The third kappa shape index (κ3) is 3.51. The maximum absolute atomic E-state index is 11.3. The predicted molar refractivity (Wildman–Crippen MR) is 79.7 cm³/mol. The van der Waals surface area contributed by atoms with Gasteiger partial charge < -0.3 is 10.5 Å². The van der Waals surface area contributed by atoms with Crippen molar-refractivity contribution in [2.45, 2.75) is 32.2 Å². The molecule has 1 amide bonds. The quantitative estimate of drug-likeness (QED) is 0.892. The predicted octanol–water partition coefficient (Wildman–Crippen LogP) is 1.82. The zero-order chi connectivity index (χ0) is 14.5. The van der Waals surface area contributed by atoms with E-state index in [1.54, 1.807) is 7.11 Å². The van der Waals surface area contributed by atoms with Crippen molar-refractivity contribution in [1.82, 2.24) is 4.90 Å². The molecular formula is C16H24N2O2. The van der Waals surface area contributed by atoms with Gasteiger partial charge in [-0.1, -0.05) is 18.2 Å². The van der Waals surface area contributed by atoms with E-state index >= 15 is 0 Å². The largest absolute Gasteiger partial charge is 0.496 e. The Hall–Kier alpha value is -1.55. The van der Waals surface area contributed by atoms with E-state index in [0.29, 0.717) is 5.92 Å². The summed E-state index contributed by atoms with van der Waals surface area (Å²) in [4.78, 5) is 13.5. The van der Waals surface area contributed by atoms with Crippen LogP contribution in [0, 0.1) is 5.92 Å². The second-order valence-electron chi connectivity index (χ2n) is 5.60. The molecule has 0 unspecified atom stereocenters. The molecule has 0 radical (unpaired) electrons. The molecule has 0 aromatic heterocycles. The van der Waals surface area contributed by atoms with Gasteiger partial charge >= 0.3 is 0 Å². The summed E-state index contributed by atoms with van der Waals surface area (Å²) < 4.78 is 5.41. The Kier molecular flexibility index (Phi) is 5.01. The fraction of sp³-hybridized carbons (Fsp3) is 0.562. The third-order valence-electron chi connectivity index (χ3n) is 4.21. The number of benzene rings is 1. The maximum atomic E-state index is 11.3. The van der Waals surface area contributed by atoms with Gasteiger partial charge in [0.1, 0.15) is 5.75 Å². The van der Waals surface area contributed by atoms with Gasteiger partial charge in [-0.3, -0.25) is 9.69 Å². The molecule has 4 nitrogen and oxygen atoms in total. The maximum Gasteiger partial charge on any atom is 0.234 e. The van der Waals surface area contributed by atoms with Gasteiger partial charge in [-0.15, -0.1) is 0 Å². The summed E-state index contributed by atoms with van der Waals surface area (Å²) in [6, 6.07) is 7.99. The molecule has 1 aromatic carbocycles. The molecular weight excluding hydrogens is 252 g/mol. The first kappa shape index (κ1) is 14.9. The van der Waals surface area contributed by atoms with Crippen molar-refractivity contribution in [1.29, 1.82) is 0 Å². The van der Waals surface area contributed by atoms with Gasteiger partial charge in [0.2, 0.25) is 5.91 Å². The first-order chi connectivity index (χ1) is 9.61. The molecule has 1 aliphatic rings. The second-order valence-corrected chi connectivity index (χ2v) is 5.60. The molecule has 2 N–H and O–H groups in total. The van der Waals surface area contributed by atoms with E-state index in [-0.39, 0.29) is 11.9 Å². The number of hydrogen-bond acceptors (Lipinski definition) is 3. The monoisotopic (exact) mass is 276 g/mol. The van der Waals surface area contributed by atoms with Crippen LogP contribution in [-0.4, -0.2) is 37.0 Å². The van der Waals surface area contributed by atoms with E-state index in [4.69, 9.17) is 10.5 Å². The molecule has 0 bridgehead atoms. The lowest BCUT2D eigenvalue weighted by Crippen LogP contribution is -2.47. The molecule has 0 aliphatic carbocycles. The van der Waals surface area contributed by atoms with Crippen molar-refractivity contribution < 1.29 is 9.53 Å². The number of methoxy groups -OCH3 is 1. The lowest BCUT2D eigenvalue weighted by molar-refractivity contribution is -0.123. The summed E-state index contributed by atoms with van der Waals surface area (Å²) in [7, 11) is 1.71. The molecule has 1 fully saturated rings. The molecule has 20 heavy (non-hydrogen) atoms. The molecule has 0 saturated carbocycles. The van der Waals surface area contributed by atoms with Crippen LogP contribution < -0.4 is 10.5 Å². The van der Waals surface area contributed by atoms with Crippen LogP contribution in [0.4, 0.5) is 0 Å². The Morgan fingerprint density at radius 1 is 1.50 bits per heavy atom. The number of piperidine rings is 1. The first-order valence-electron chi connectivity index (χ1n) is 7.27. The zero-order valence-corrected chi connectivity index (χ0v) is 12.3. The summed E-state index contributed by atoms with van der Waals surface area (Å²) in [5, 5.41) is 0. The van der Waals surface area contributed by atoms with Crippen molar-refractivity contribution in [2.24, 2.45) is 11.7 Å². The van der Waals surface area contributed by atoms with Crippen LogP contribution in [0.3, 0.4) is 0 Å². The molecule has 2 atom stereocenters. The van der Waals surface area contributed by atoms with Gasteiger partial charge in [0, 0.05) is 6.54 Å². The summed E-state index contributed by atoms with van der Waals surface area (Å²) in [6.07, 6.45) is 3.31. The Morgan fingerprint density at radius 3 is 2.95 bits per heavy atom. The van der Waals surface area contributed by atoms with Gasteiger partial charge in [-0.2, -0.15) is 0 Å². The van der Waals surface area contributed by atoms with Crippen molar-refractivity contribution >= 4 is 5.91 Å². The fourth-order valence-electron chi connectivity index (χ4n) is 2.98. The highest BCUT2D eigenvalue weighted by molar-refractivity contribution is 5.79. The fourth-order valence-corrected chi connectivity index (χ4v) is 2.98. The highest BCUT2D eigenvalue weighted by atomic mass is 16.5. The van der Waals surface area contributed by atoms with Crippen molar-refractivity contribution in [3.8, 4) is 5.75 Å². The van der Waals surface area contributed by atoms with E-state index in [2.05, 4.69) is 11.0 Å². The minimum atomic E-state index is -0.233. The Balaban J connectivity index is 2.01. The lowest BCUT2D eigenvalue weighted by atomic mass is 9.90. The van der Waals surface area contributed by atoms with Crippen LogP contribution >= 0.6 is 0 Å². The van der Waals surface area contributed by atoms with Crippen LogP contribution in [0.25, 0.3) is 0 Å². The molecule has 1 heterocycles. The molecule has 1 saturated heterocycles. The zero-order valence-electron chi connectivity index (χ0n) is 12.3. The Morgan fingerprint density at radius 2 is 2.25 bits per heavy atom. The van der Waals surface area contributed by atoms with Crippen LogP contribution in [0.15, 0.2) is 24.3 Å². The normalized spacial score (nSPS) is 21.4. The van der Waals surface area contributed by atoms with Gasteiger partial charge in [0.15, 0.2) is 0 Å². The van der Waals surface area contributed by atoms with Crippen molar-refractivity contribution in [3.63, 3.8) is 0 Å². The molecule has 1 aromatic rings. The topological polar surface area (TPSA) is 55.6 Å². The van der Waals surface area contributed by atoms with Crippen LogP contribution in [0.2, 0.25) is 0 Å². The van der Waals surface area contributed by atoms with E-state index < -0.39 is 0 Å². The number of likely N-dealkylation sites (tertiary alicyclic amines) is 1. The number of primary amides is 1. The average molecular weight is 276 g/mol. The number of ether oxygens (including phenoxy) is 1. The number of amides is 1. The summed E-state index contributed by atoms with van der Waals surface area (Å²) >= 11 is 0. The molecule has 1 aliphatic heterocycles. The summed E-state index contributed by atoms with van der Waals surface area (Å²) in [5.41, 5.74) is 6.65. The second kappa shape index (κ2) is 6.75.